The third kappa shape index (κ3) is 4.75. The molecule has 7 heteroatoms. The zero-order valence-electron chi connectivity index (χ0n) is 10.2. The lowest BCUT2D eigenvalue weighted by Gasteiger charge is -1.99. The Morgan fingerprint density at radius 2 is 1.42 bits per heavy atom. The molecule has 0 bridgehead atoms. The topological polar surface area (TPSA) is 86.2 Å². The molecule has 0 spiro atoms. The van der Waals surface area contributed by atoms with Gasteiger partial charge in [-0.15, -0.1) is 8.58 Å². The molecule has 0 amide bonds. The van der Waals surface area contributed by atoms with Crippen molar-refractivity contribution in [2.24, 2.45) is 0 Å². The Morgan fingerprint density at radius 1 is 0.947 bits per heavy atom. The number of hydrogen-bond donors (Lipinski definition) is 0. The van der Waals surface area contributed by atoms with E-state index >= 15 is 0 Å². The first-order valence-electron chi connectivity index (χ1n) is 5.75. The molecule has 2 rings (SSSR count). The molecule has 0 saturated carbocycles. The van der Waals surface area contributed by atoms with Crippen LogP contribution in [0.3, 0.4) is 0 Å². The number of nitrogens with zero attached hydrogens (tertiary/aromatic N) is 2. The number of carbonyl (C=O) groups excluding carboxylic acids is 2. The Labute approximate surface area is 111 Å². The second-order valence-electron chi connectivity index (χ2n) is 3.89. The van der Waals surface area contributed by atoms with Crippen LogP contribution >= 0.6 is 8.58 Å². The van der Waals surface area contributed by atoms with Gasteiger partial charge in [-0.1, -0.05) is 0 Å². The molecule has 6 nitrogen and oxygen atoms in total. The summed E-state index contributed by atoms with van der Waals surface area (Å²) in [4.78, 5) is 30.9. The van der Waals surface area contributed by atoms with Gasteiger partial charge in [0.25, 0.3) is 0 Å². The van der Waals surface area contributed by atoms with Crippen molar-refractivity contribution >= 4 is 20.1 Å². The SMILES string of the molecule is O=C(CPCC(=O)Cc1ncco1)Cc1ncco1. The molecule has 2 heterocycles. The van der Waals surface area contributed by atoms with E-state index in [2.05, 4.69) is 9.97 Å². The van der Waals surface area contributed by atoms with Crippen LogP contribution in [0.5, 0.6) is 0 Å². The molecule has 100 valence electrons. The lowest BCUT2D eigenvalue weighted by atomic mass is 10.3. The molecule has 0 aliphatic carbocycles. The number of hydrogen-bond acceptors (Lipinski definition) is 6. The van der Waals surface area contributed by atoms with Crippen molar-refractivity contribution in [2.45, 2.75) is 12.8 Å². The quantitative estimate of drug-likeness (QED) is 0.677. The summed E-state index contributed by atoms with van der Waals surface area (Å²) in [6.07, 6.45) is 7.01. The fraction of sp³-hybridized carbons (Fsp3) is 0.333. The summed E-state index contributed by atoms with van der Waals surface area (Å²) < 4.78 is 9.97. The largest absolute Gasteiger partial charge is 0.449 e. The fourth-order valence-corrected chi connectivity index (χ4v) is 2.42. The smallest absolute Gasteiger partial charge is 0.201 e. The van der Waals surface area contributed by atoms with Gasteiger partial charge in [-0.3, -0.25) is 9.59 Å². The molecule has 0 saturated heterocycles. The summed E-state index contributed by atoms with van der Waals surface area (Å²) in [7, 11) is 0.277. The fourth-order valence-electron chi connectivity index (χ4n) is 1.48. The van der Waals surface area contributed by atoms with E-state index in [4.69, 9.17) is 8.83 Å². The lowest BCUT2D eigenvalue weighted by molar-refractivity contribution is -0.116. The van der Waals surface area contributed by atoms with Crippen molar-refractivity contribution in [2.75, 3.05) is 12.3 Å². The summed E-state index contributed by atoms with van der Waals surface area (Å²) in [6, 6.07) is 0. The minimum absolute atomic E-state index is 0.0321. The molecule has 0 radical (unpaired) electrons. The first-order chi connectivity index (χ1) is 9.24. The molecular weight excluding hydrogens is 267 g/mol. The van der Waals surface area contributed by atoms with Crippen molar-refractivity contribution in [3.63, 3.8) is 0 Å². The average Bonchev–Trinajstić information content (AvgIpc) is 3.02. The summed E-state index contributed by atoms with van der Waals surface area (Å²) in [5.41, 5.74) is 0. The predicted molar refractivity (Wildman–Crippen MR) is 68.5 cm³/mol. The molecule has 19 heavy (non-hydrogen) atoms. The second kappa shape index (κ2) is 6.95. The zero-order chi connectivity index (χ0) is 13.5. The number of ketones is 2. The number of rotatable bonds is 8. The van der Waals surface area contributed by atoms with Gasteiger partial charge >= 0.3 is 0 Å². The lowest BCUT2D eigenvalue weighted by Crippen LogP contribution is -2.09. The molecule has 0 atom stereocenters. The van der Waals surface area contributed by atoms with Crippen LogP contribution in [0.25, 0.3) is 0 Å². The van der Waals surface area contributed by atoms with E-state index in [1.165, 1.54) is 24.9 Å². The highest BCUT2D eigenvalue weighted by atomic mass is 31.1. The number of oxazole rings is 2. The first kappa shape index (κ1) is 13.6. The van der Waals surface area contributed by atoms with E-state index in [1.807, 2.05) is 0 Å². The normalized spacial score (nSPS) is 10.5. The van der Waals surface area contributed by atoms with E-state index in [1.54, 1.807) is 0 Å². The monoisotopic (exact) mass is 280 g/mol. The zero-order valence-corrected chi connectivity index (χ0v) is 11.2. The molecule has 0 fully saturated rings. The minimum atomic E-state index is 0.0321. The van der Waals surface area contributed by atoms with Crippen LogP contribution in [-0.2, 0) is 22.4 Å². The van der Waals surface area contributed by atoms with Gasteiger partial charge in [-0.05, 0) is 0 Å². The second-order valence-corrected chi connectivity index (χ2v) is 5.09. The van der Waals surface area contributed by atoms with Gasteiger partial charge < -0.3 is 8.83 Å². The number of carbonyl (C=O) groups is 2. The minimum Gasteiger partial charge on any atom is -0.449 e. The van der Waals surface area contributed by atoms with Crippen LogP contribution in [-0.4, -0.2) is 33.9 Å². The van der Waals surface area contributed by atoms with Crippen molar-refractivity contribution in [3.05, 3.63) is 36.7 Å². The highest BCUT2D eigenvalue weighted by molar-refractivity contribution is 7.40. The van der Waals surface area contributed by atoms with Crippen LogP contribution in [0.1, 0.15) is 11.8 Å². The number of Topliss-reactive ketones (excluding diaryl/α,β-unsaturated/α-hetero) is 2. The molecule has 0 unspecified atom stereocenters. The summed E-state index contributed by atoms with van der Waals surface area (Å²) in [5, 5.41) is 0. The van der Waals surface area contributed by atoms with E-state index < -0.39 is 0 Å². The Bertz CT molecular complexity index is 474. The third-order valence-electron chi connectivity index (χ3n) is 2.31. The average molecular weight is 280 g/mol. The highest BCUT2D eigenvalue weighted by Gasteiger charge is 2.10. The first-order valence-corrected chi connectivity index (χ1v) is 7.16. The summed E-state index contributed by atoms with van der Waals surface area (Å²) in [5.74, 6) is 0.899. The van der Waals surface area contributed by atoms with Gasteiger partial charge in [0.2, 0.25) is 11.8 Å². The maximum atomic E-state index is 11.6. The van der Waals surface area contributed by atoms with Gasteiger partial charge in [-0.25, -0.2) is 9.97 Å². The van der Waals surface area contributed by atoms with E-state index in [-0.39, 0.29) is 33.0 Å². The van der Waals surface area contributed by atoms with E-state index in [0.29, 0.717) is 24.1 Å². The van der Waals surface area contributed by atoms with Crippen molar-refractivity contribution < 1.29 is 18.4 Å². The molecule has 0 aromatic carbocycles. The third-order valence-corrected chi connectivity index (χ3v) is 3.60. The highest BCUT2D eigenvalue weighted by Crippen LogP contribution is 2.12. The molecular formula is C12H13N2O4P. The summed E-state index contributed by atoms with van der Waals surface area (Å²) >= 11 is 0. The van der Waals surface area contributed by atoms with Crippen LogP contribution in [0, 0.1) is 0 Å². The van der Waals surface area contributed by atoms with Crippen molar-refractivity contribution in [1.82, 2.24) is 9.97 Å². The van der Waals surface area contributed by atoms with Crippen molar-refractivity contribution in [3.8, 4) is 0 Å². The Kier molecular flexibility index (Phi) is 4.98. The standard InChI is InChI=1S/C12H13N2O4P/c15-9(5-11-13-1-3-17-11)7-19-8-10(16)6-12-14-2-4-18-12/h1-4,19H,5-8H2. The Balaban J connectivity index is 1.63. The van der Waals surface area contributed by atoms with E-state index in [0.717, 1.165) is 0 Å². The molecule has 2 aromatic rings. The maximum absolute atomic E-state index is 11.6. The van der Waals surface area contributed by atoms with Gasteiger partial charge in [0.1, 0.15) is 24.1 Å². The maximum Gasteiger partial charge on any atom is 0.201 e. The molecule has 0 aliphatic rings. The predicted octanol–water partition coefficient (Wildman–Crippen LogP) is 1.26. The van der Waals surface area contributed by atoms with Gasteiger partial charge in [-0.2, -0.15) is 0 Å². The van der Waals surface area contributed by atoms with Crippen LogP contribution in [0.4, 0.5) is 0 Å². The van der Waals surface area contributed by atoms with E-state index in [9.17, 15) is 9.59 Å². The van der Waals surface area contributed by atoms with Crippen LogP contribution < -0.4 is 0 Å². The molecule has 0 N–H and O–H groups in total. The van der Waals surface area contributed by atoms with Gasteiger partial charge in [0, 0.05) is 12.3 Å². The number of aromatic nitrogens is 2. The summed E-state index contributed by atoms with van der Waals surface area (Å²) in [6.45, 7) is 0. The Morgan fingerprint density at radius 3 is 1.79 bits per heavy atom. The van der Waals surface area contributed by atoms with Gasteiger partial charge in [0.15, 0.2) is 0 Å². The van der Waals surface area contributed by atoms with Crippen LogP contribution in [0.2, 0.25) is 0 Å². The van der Waals surface area contributed by atoms with Crippen LogP contribution in [0.15, 0.2) is 33.8 Å². The van der Waals surface area contributed by atoms with Gasteiger partial charge in [0.05, 0.1) is 25.2 Å². The Hall–Kier alpha value is -1.81. The molecule has 0 aliphatic heterocycles. The van der Waals surface area contributed by atoms with Crippen molar-refractivity contribution in [1.29, 1.82) is 0 Å². The molecule has 2 aromatic heterocycles.